The first kappa shape index (κ1) is 8.10. The molecule has 2 aromatic rings. The molecule has 12 heavy (non-hydrogen) atoms. The van der Waals surface area contributed by atoms with Crippen molar-refractivity contribution in [1.29, 1.82) is 0 Å². The van der Waals surface area contributed by atoms with Crippen LogP contribution in [0.4, 0.5) is 0 Å². The Bertz CT molecular complexity index is 437. The molecule has 0 aliphatic rings. The maximum absolute atomic E-state index is 5.79. The van der Waals surface area contributed by atoms with Gasteiger partial charge in [0.05, 0.1) is 6.20 Å². The lowest BCUT2D eigenvalue weighted by molar-refractivity contribution is 0.940. The van der Waals surface area contributed by atoms with Gasteiger partial charge >= 0.3 is 0 Å². The van der Waals surface area contributed by atoms with Crippen LogP contribution in [0.5, 0.6) is 0 Å². The van der Waals surface area contributed by atoms with Crippen LogP contribution in [0.2, 0.25) is 15.3 Å². The summed E-state index contributed by atoms with van der Waals surface area (Å²) in [5.41, 5.74) is 0.467. The van der Waals surface area contributed by atoms with E-state index in [2.05, 4.69) is 10.1 Å². The Labute approximate surface area is 82.9 Å². The van der Waals surface area contributed by atoms with Gasteiger partial charge in [0, 0.05) is 6.07 Å². The molecule has 0 aliphatic carbocycles. The largest absolute Gasteiger partial charge is 0.215 e. The highest BCUT2D eigenvalue weighted by molar-refractivity contribution is 6.35. The van der Waals surface area contributed by atoms with Crippen molar-refractivity contribution in [2.24, 2.45) is 0 Å². The number of hydrogen-bond acceptors (Lipinski definition) is 2. The van der Waals surface area contributed by atoms with Crippen molar-refractivity contribution in [3.63, 3.8) is 0 Å². The van der Waals surface area contributed by atoms with Gasteiger partial charge < -0.3 is 0 Å². The summed E-state index contributed by atoms with van der Waals surface area (Å²) in [6.45, 7) is 0. The van der Waals surface area contributed by atoms with Gasteiger partial charge in [-0.3, -0.25) is 0 Å². The van der Waals surface area contributed by atoms with Gasteiger partial charge in [0.1, 0.15) is 15.3 Å². The van der Waals surface area contributed by atoms with E-state index in [9.17, 15) is 0 Å². The Balaban J connectivity index is 2.92. The fourth-order valence-corrected chi connectivity index (χ4v) is 1.50. The monoisotopic (exact) mass is 221 g/mol. The zero-order chi connectivity index (χ0) is 8.72. The van der Waals surface area contributed by atoms with Gasteiger partial charge in [-0.25, -0.2) is 9.50 Å². The zero-order valence-electron chi connectivity index (χ0n) is 5.63. The second-order valence-corrected chi connectivity index (χ2v) is 3.31. The summed E-state index contributed by atoms with van der Waals surface area (Å²) >= 11 is 17.2. The minimum atomic E-state index is 0.301. The maximum Gasteiger partial charge on any atom is 0.176 e. The molecule has 0 spiro atoms. The van der Waals surface area contributed by atoms with Crippen molar-refractivity contribution in [1.82, 2.24) is 14.6 Å². The molecule has 0 aromatic carbocycles. The number of aromatic nitrogens is 3. The smallest absolute Gasteiger partial charge is 0.176 e. The van der Waals surface area contributed by atoms with E-state index in [1.165, 1.54) is 16.8 Å². The molecule has 0 bridgehead atoms. The van der Waals surface area contributed by atoms with Crippen LogP contribution < -0.4 is 0 Å². The van der Waals surface area contributed by atoms with E-state index in [0.717, 1.165) is 0 Å². The second kappa shape index (κ2) is 2.76. The molecule has 62 valence electrons. The minimum absolute atomic E-state index is 0.301. The molecule has 3 nitrogen and oxygen atoms in total. The van der Waals surface area contributed by atoms with Crippen molar-refractivity contribution < 1.29 is 0 Å². The highest BCUT2D eigenvalue weighted by atomic mass is 35.5. The van der Waals surface area contributed by atoms with E-state index in [1.54, 1.807) is 0 Å². The van der Waals surface area contributed by atoms with Gasteiger partial charge in [-0.2, -0.15) is 5.10 Å². The van der Waals surface area contributed by atoms with E-state index in [4.69, 9.17) is 34.8 Å². The Morgan fingerprint density at radius 2 is 2.00 bits per heavy atom. The summed E-state index contributed by atoms with van der Waals surface area (Å²) in [5.74, 6) is 0. The maximum atomic E-state index is 5.79. The van der Waals surface area contributed by atoms with Crippen LogP contribution >= 0.6 is 34.8 Å². The Kier molecular flexibility index (Phi) is 1.87. The fraction of sp³-hybridized carbons (Fsp3) is 0. The van der Waals surface area contributed by atoms with E-state index in [-0.39, 0.29) is 0 Å². The Morgan fingerprint density at radius 3 is 2.75 bits per heavy atom. The summed E-state index contributed by atoms with van der Waals surface area (Å²) in [7, 11) is 0. The van der Waals surface area contributed by atoms with Crippen molar-refractivity contribution in [3.8, 4) is 0 Å². The van der Waals surface area contributed by atoms with Crippen molar-refractivity contribution in [3.05, 3.63) is 27.6 Å². The topological polar surface area (TPSA) is 30.2 Å². The molecule has 0 saturated carbocycles. The summed E-state index contributed by atoms with van der Waals surface area (Å²) < 4.78 is 1.41. The molecular formula is C6H2Cl3N3. The van der Waals surface area contributed by atoms with E-state index in [1.807, 2.05) is 0 Å². The number of hydrogen-bond donors (Lipinski definition) is 0. The Hall–Kier alpha value is -0.510. The molecule has 0 fully saturated rings. The van der Waals surface area contributed by atoms with Crippen LogP contribution in [0.25, 0.3) is 5.65 Å². The average molecular weight is 222 g/mol. The van der Waals surface area contributed by atoms with Gasteiger partial charge in [0.2, 0.25) is 0 Å². The predicted molar refractivity (Wildman–Crippen MR) is 48.0 cm³/mol. The van der Waals surface area contributed by atoms with Crippen LogP contribution in [-0.4, -0.2) is 14.6 Å². The molecule has 0 unspecified atom stereocenters. The third-order valence-corrected chi connectivity index (χ3v) is 2.08. The first-order valence-corrected chi connectivity index (χ1v) is 4.17. The average Bonchev–Trinajstić information content (AvgIpc) is 2.33. The van der Waals surface area contributed by atoms with Gasteiger partial charge in [-0.05, 0) is 0 Å². The first-order valence-electron chi connectivity index (χ1n) is 3.04. The lowest BCUT2D eigenvalue weighted by Crippen LogP contribution is -1.91. The lowest BCUT2D eigenvalue weighted by Gasteiger charge is -1.96. The van der Waals surface area contributed by atoms with Crippen molar-refractivity contribution in [2.45, 2.75) is 0 Å². The van der Waals surface area contributed by atoms with Crippen LogP contribution in [0.3, 0.4) is 0 Å². The van der Waals surface area contributed by atoms with Gasteiger partial charge in [-0.15, -0.1) is 0 Å². The fourth-order valence-electron chi connectivity index (χ4n) is 0.872. The molecule has 0 atom stereocenters. The molecule has 2 aromatic heterocycles. The van der Waals surface area contributed by atoms with Gasteiger partial charge in [-0.1, -0.05) is 34.8 Å². The first-order chi connectivity index (χ1) is 5.68. The number of halogens is 3. The molecule has 6 heteroatoms. The second-order valence-electron chi connectivity index (χ2n) is 2.13. The van der Waals surface area contributed by atoms with E-state index in [0.29, 0.717) is 21.0 Å². The number of rotatable bonds is 0. The summed E-state index contributed by atoms with van der Waals surface area (Å²) in [6, 6.07) is 1.50. The van der Waals surface area contributed by atoms with Gasteiger partial charge in [0.25, 0.3) is 0 Å². The highest BCUT2D eigenvalue weighted by Gasteiger charge is 2.06. The van der Waals surface area contributed by atoms with Crippen LogP contribution in [0, 0.1) is 0 Å². The van der Waals surface area contributed by atoms with Crippen LogP contribution in [0.15, 0.2) is 12.3 Å². The zero-order valence-corrected chi connectivity index (χ0v) is 7.90. The highest BCUT2D eigenvalue weighted by Crippen LogP contribution is 2.21. The summed E-state index contributed by atoms with van der Waals surface area (Å²) in [4.78, 5) is 3.95. The van der Waals surface area contributed by atoms with Crippen molar-refractivity contribution in [2.75, 3.05) is 0 Å². The summed E-state index contributed by atoms with van der Waals surface area (Å²) in [5, 5.41) is 5.01. The Morgan fingerprint density at radius 1 is 1.25 bits per heavy atom. The number of fused-ring (bicyclic) bond motifs is 1. The normalized spacial score (nSPS) is 10.9. The molecule has 0 saturated heterocycles. The standard InChI is InChI=1S/C6H2Cl3N3/c7-3-2-10-12-5(9)1-4(8)11-6(3)12/h1-2H. The molecular weight excluding hydrogens is 220 g/mol. The molecule has 0 aliphatic heterocycles. The third-order valence-electron chi connectivity index (χ3n) is 1.35. The molecule has 2 heterocycles. The van der Waals surface area contributed by atoms with Crippen molar-refractivity contribution >= 4 is 40.4 Å². The summed E-state index contributed by atoms with van der Waals surface area (Å²) in [6.07, 6.45) is 1.46. The van der Waals surface area contributed by atoms with Gasteiger partial charge in [0.15, 0.2) is 5.65 Å². The predicted octanol–water partition coefficient (Wildman–Crippen LogP) is 2.69. The molecule has 0 amide bonds. The van der Waals surface area contributed by atoms with E-state index >= 15 is 0 Å². The SMILES string of the molecule is Clc1cc(Cl)n2ncc(Cl)c2n1. The quantitative estimate of drug-likeness (QED) is 0.642. The molecule has 0 N–H and O–H groups in total. The number of nitrogens with zero attached hydrogens (tertiary/aromatic N) is 3. The third kappa shape index (κ3) is 1.14. The van der Waals surface area contributed by atoms with E-state index < -0.39 is 0 Å². The lowest BCUT2D eigenvalue weighted by atomic mass is 10.6. The van der Waals surface area contributed by atoms with Crippen LogP contribution in [0.1, 0.15) is 0 Å². The van der Waals surface area contributed by atoms with Crippen LogP contribution in [-0.2, 0) is 0 Å². The molecule has 0 radical (unpaired) electrons. The minimum Gasteiger partial charge on any atom is -0.215 e. The molecule has 2 rings (SSSR count).